The number of ketones is 1. The van der Waals surface area contributed by atoms with E-state index in [1.807, 2.05) is 0 Å². The highest BCUT2D eigenvalue weighted by Crippen LogP contribution is 2.32. The largest absolute Gasteiger partial charge is 0.497 e. The minimum atomic E-state index is -0.604. The number of amides is 1. The van der Waals surface area contributed by atoms with Gasteiger partial charge in [0.1, 0.15) is 11.5 Å². The van der Waals surface area contributed by atoms with Gasteiger partial charge in [-0.2, -0.15) is 0 Å². The van der Waals surface area contributed by atoms with Gasteiger partial charge in [-0.15, -0.1) is 11.8 Å². The number of Topliss-reactive ketones (excluding diaryl/α,β-unsaturated/α-hetero) is 1. The molecule has 2 aromatic carbocycles. The number of methoxy groups -OCH3 is 2. The van der Waals surface area contributed by atoms with Crippen LogP contribution in [0.25, 0.3) is 0 Å². The topological polar surface area (TPSA) is 90.9 Å². The highest BCUT2D eigenvalue weighted by Gasteiger charge is 2.24. The number of esters is 1. The summed E-state index contributed by atoms with van der Waals surface area (Å²) in [5.41, 5.74) is 0.193. The van der Waals surface area contributed by atoms with Crippen molar-refractivity contribution < 1.29 is 28.6 Å². The van der Waals surface area contributed by atoms with Gasteiger partial charge in [0.2, 0.25) is 5.91 Å². The average molecular weight is 460 g/mol. The van der Waals surface area contributed by atoms with Crippen LogP contribution < -0.4 is 14.8 Å². The summed E-state index contributed by atoms with van der Waals surface area (Å²) in [4.78, 5) is 38.0. The lowest BCUT2D eigenvalue weighted by atomic mass is 9.91. The second-order valence-corrected chi connectivity index (χ2v) is 9.44. The van der Waals surface area contributed by atoms with E-state index in [0.717, 1.165) is 0 Å². The summed E-state index contributed by atoms with van der Waals surface area (Å²) in [6.45, 7) is 6.74. The molecule has 7 nitrogen and oxygen atoms in total. The van der Waals surface area contributed by atoms with E-state index in [9.17, 15) is 14.4 Å². The van der Waals surface area contributed by atoms with Crippen LogP contribution in [0.1, 0.15) is 38.1 Å². The summed E-state index contributed by atoms with van der Waals surface area (Å²) in [6.07, 6.45) is 0. The van der Waals surface area contributed by atoms with Crippen LogP contribution in [-0.4, -0.2) is 43.7 Å². The molecule has 0 aliphatic carbocycles. The van der Waals surface area contributed by atoms with Crippen LogP contribution in [0.15, 0.2) is 47.4 Å². The monoisotopic (exact) mass is 459 g/mol. The first kappa shape index (κ1) is 25.3. The quantitative estimate of drug-likeness (QED) is 0.433. The molecule has 8 heteroatoms. The predicted molar refractivity (Wildman–Crippen MR) is 125 cm³/mol. The number of ether oxygens (including phenoxy) is 3. The second-order valence-electron chi connectivity index (χ2n) is 8.06. The van der Waals surface area contributed by atoms with E-state index in [1.54, 1.807) is 70.2 Å². The Labute approximate surface area is 192 Å². The van der Waals surface area contributed by atoms with Crippen LogP contribution in [0.3, 0.4) is 0 Å². The van der Waals surface area contributed by atoms with Gasteiger partial charge in [0.05, 0.1) is 30.7 Å². The van der Waals surface area contributed by atoms with E-state index in [0.29, 0.717) is 27.6 Å². The normalized spacial score (nSPS) is 11.9. The summed E-state index contributed by atoms with van der Waals surface area (Å²) >= 11 is 1.22. The van der Waals surface area contributed by atoms with Crippen LogP contribution >= 0.6 is 11.8 Å². The van der Waals surface area contributed by atoms with Crippen molar-refractivity contribution in [2.45, 2.75) is 37.8 Å². The van der Waals surface area contributed by atoms with Crippen LogP contribution in [-0.2, 0) is 14.3 Å². The zero-order valence-electron chi connectivity index (χ0n) is 19.2. The molecular weight excluding hydrogens is 430 g/mol. The number of anilines is 1. The molecule has 0 fully saturated rings. The van der Waals surface area contributed by atoms with Gasteiger partial charge in [0.25, 0.3) is 0 Å². The smallest absolute Gasteiger partial charge is 0.339 e. The molecule has 0 heterocycles. The van der Waals surface area contributed by atoms with Crippen LogP contribution in [0, 0.1) is 5.41 Å². The summed E-state index contributed by atoms with van der Waals surface area (Å²) in [7, 11) is 3.05. The van der Waals surface area contributed by atoms with Crippen molar-refractivity contribution in [3.63, 3.8) is 0 Å². The third-order valence-corrected chi connectivity index (χ3v) is 5.79. The van der Waals surface area contributed by atoms with Gasteiger partial charge < -0.3 is 19.5 Å². The number of benzene rings is 2. The Morgan fingerprint density at radius 3 is 2.34 bits per heavy atom. The third kappa shape index (κ3) is 6.75. The molecule has 0 spiro atoms. The fourth-order valence-corrected chi connectivity index (χ4v) is 3.54. The first-order valence-electron chi connectivity index (χ1n) is 10.1. The molecule has 2 aromatic rings. The molecule has 1 N–H and O–H groups in total. The molecule has 0 saturated heterocycles. The molecule has 1 amide bonds. The predicted octanol–water partition coefficient (Wildman–Crippen LogP) is 4.60. The third-order valence-electron chi connectivity index (χ3n) is 4.62. The fraction of sp³-hybridized carbons (Fsp3) is 0.375. The van der Waals surface area contributed by atoms with Gasteiger partial charge in [-0.3, -0.25) is 9.59 Å². The van der Waals surface area contributed by atoms with Gasteiger partial charge >= 0.3 is 5.97 Å². The van der Waals surface area contributed by atoms with Crippen molar-refractivity contribution in [1.82, 2.24) is 0 Å². The van der Waals surface area contributed by atoms with Crippen molar-refractivity contribution in [3.8, 4) is 11.5 Å². The molecule has 32 heavy (non-hydrogen) atoms. The zero-order valence-corrected chi connectivity index (χ0v) is 20.0. The van der Waals surface area contributed by atoms with Crippen molar-refractivity contribution in [1.29, 1.82) is 0 Å². The number of hydrogen-bond donors (Lipinski definition) is 1. The maximum atomic E-state index is 12.8. The fourth-order valence-electron chi connectivity index (χ4n) is 2.55. The lowest BCUT2D eigenvalue weighted by Crippen LogP contribution is -2.26. The molecule has 1 unspecified atom stereocenters. The first-order valence-corrected chi connectivity index (χ1v) is 10.9. The van der Waals surface area contributed by atoms with E-state index in [-0.39, 0.29) is 18.3 Å². The van der Waals surface area contributed by atoms with E-state index < -0.39 is 16.6 Å². The Morgan fingerprint density at radius 2 is 1.72 bits per heavy atom. The Balaban J connectivity index is 2.10. The number of rotatable bonds is 9. The molecule has 0 radical (unpaired) electrons. The Bertz CT molecular complexity index is 983. The Morgan fingerprint density at radius 1 is 1.03 bits per heavy atom. The lowest BCUT2D eigenvalue weighted by molar-refractivity contribution is -0.129. The number of carbonyl (C=O) groups is 3. The summed E-state index contributed by atoms with van der Waals surface area (Å²) in [5.74, 6) is 0.0412. The molecule has 2 rings (SSSR count). The minimum Gasteiger partial charge on any atom is -0.497 e. The molecule has 0 aliphatic rings. The van der Waals surface area contributed by atoms with E-state index >= 15 is 0 Å². The van der Waals surface area contributed by atoms with Crippen LogP contribution in [0.5, 0.6) is 11.5 Å². The van der Waals surface area contributed by atoms with Gasteiger partial charge in [-0.25, -0.2) is 4.79 Å². The van der Waals surface area contributed by atoms with E-state index in [4.69, 9.17) is 14.2 Å². The number of carbonyl (C=O) groups excluding carboxylic acids is 3. The van der Waals surface area contributed by atoms with Crippen molar-refractivity contribution in [3.05, 3.63) is 48.0 Å². The summed E-state index contributed by atoms with van der Waals surface area (Å²) in [6, 6.07) is 11.9. The Kier molecular flexibility index (Phi) is 8.72. The van der Waals surface area contributed by atoms with Crippen molar-refractivity contribution in [2.75, 3.05) is 26.1 Å². The van der Waals surface area contributed by atoms with Crippen molar-refractivity contribution in [2.24, 2.45) is 5.41 Å². The van der Waals surface area contributed by atoms with Gasteiger partial charge in [-0.05, 0) is 31.2 Å². The van der Waals surface area contributed by atoms with Crippen LogP contribution in [0.4, 0.5) is 5.69 Å². The Hall–Kier alpha value is -3.00. The summed E-state index contributed by atoms with van der Waals surface area (Å²) in [5, 5.41) is 2.30. The number of thioether (sulfide) groups is 1. The molecule has 0 aromatic heterocycles. The highest BCUT2D eigenvalue weighted by molar-refractivity contribution is 8.00. The standard InChI is InChI=1S/C24H29NO6S/c1-15(22(27)25-18-13-16(29-5)11-12-19(18)30-6)32-20-10-8-7-9-17(20)23(28)31-14-21(26)24(2,3)4/h7-13,15H,14H2,1-6H3,(H,25,27). The molecule has 0 aliphatic heterocycles. The maximum Gasteiger partial charge on any atom is 0.339 e. The second kappa shape index (κ2) is 11.0. The van der Waals surface area contributed by atoms with Crippen molar-refractivity contribution >= 4 is 35.1 Å². The van der Waals surface area contributed by atoms with Gasteiger partial charge in [-0.1, -0.05) is 32.9 Å². The van der Waals surface area contributed by atoms with E-state index in [2.05, 4.69) is 5.32 Å². The minimum absolute atomic E-state index is 0.170. The van der Waals surface area contributed by atoms with Gasteiger partial charge in [0.15, 0.2) is 12.4 Å². The summed E-state index contributed by atoms with van der Waals surface area (Å²) < 4.78 is 15.7. The molecule has 0 bridgehead atoms. The molecule has 0 saturated carbocycles. The first-order chi connectivity index (χ1) is 15.1. The molecule has 1 atom stereocenters. The van der Waals surface area contributed by atoms with Crippen LogP contribution in [0.2, 0.25) is 0 Å². The highest BCUT2D eigenvalue weighted by atomic mass is 32.2. The van der Waals surface area contributed by atoms with E-state index in [1.165, 1.54) is 26.0 Å². The molecular formula is C24H29NO6S. The SMILES string of the molecule is COc1ccc(OC)c(NC(=O)C(C)Sc2ccccc2C(=O)OCC(=O)C(C)(C)C)c1. The molecule has 172 valence electrons. The zero-order chi connectivity index (χ0) is 23.9. The van der Waals surface area contributed by atoms with Gasteiger partial charge in [0, 0.05) is 16.4 Å². The lowest BCUT2D eigenvalue weighted by Gasteiger charge is -2.17. The number of hydrogen-bond acceptors (Lipinski definition) is 7. The average Bonchev–Trinajstić information content (AvgIpc) is 2.76. The number of nitrogens with one attached hydrogen (secondary N) is 1. The maximum absolute atomic E-state index is 12.8.